The van der Waals surface area contributed by atoms with Crippen molar-refractivity contribution in [1.29, 1.82) is 0 Å². The molecule has 2 aromatic rings. The van der Waals surface area contributed by atoms with Crippen molar-refractivity contribution in [3.63, 3.8) is 0 Å². The summed E-state index contributed by atoms with van der Waals surface area (Å²) in [4.78, 5) is 20.6. The summed E-state index contributed by atoms with van der Waals surface area (Å²) < 4.78 is 44.4. The maximum absolute atomic E-state index is 13.0. The molecule has 35 heavy (non-hydrogen) atoms. The number of fused-ring (bicyclic) bond motifs is 2. The monoisotopic (exact) mass is 485 g/mol. The van der Waals surface area contributed by atoms with Crippen LogP contribution < -0.4 is 4.74 Å². The molecule has 3 atom stereocenters. The van der Waals surface area contributed by atoms with Crippen LogP contribution in [-0.4, -0.2) is 54.0 Å². The van der Waals surface area contributed by atoms with E-state index in [0.717, 1.165) is 36.4 Å². The van der Waals surface area contributed by atoms with E-state index in [1.807, 2.05) is 11.0 Å². The molecule has 5 nitrogen and oxygen atoms in total. The molecule has 0 N–H and O–H groups in total. The van der Waals surface area contributed by atoms with Crippen LogP contribution in [0.2, 0.25) is 0 Å². The van der Waals surface area contributed by atoms with Crippen LogP contribution in [0.5, 0.6) is 5.75 Å². The second kappa shape index (κ2) is 9.90. The van der Waals surface area contributed by atoms with Gasteiger partial charge in [-0.15, -0.1) is 0 Å². The Morgan fingerprint density at radius 2 is 1.83 bits per heavy atom. The largest absolute Gasteiger partial charge is 0.493 e. The first-order chi connectivity index (χ1) is 16.6. The minimum atomic E-state index is -4.41. The van der Waals surface area contributed by atoms with E-state index in [4.69, 9.17) is 11.3 Å². The van der Waals surface area contributed by atoms with Gasteiger partial charge in [-0.1, -0.05) is 6.07 Å². The fraction of sp³-hybridized carbons (Fsp3) is 0.481. The highest BCUT2D eigenvalue weighted by Crippen LogP contribution is 2.39. The van der Waals surface area contributed by atoms with Crippen LogP contribution in [-0.2, 0) is 6.18 Å². The topological polar surface area (TPSA) is 37.1 Å². The summed E-state index contributed by atoms with van der Waals surface area (Å²) in [6, 6.07) is 9.04. The maximum Gasteiger partial charge on any atom is 0.416 e. The summed E-state index contributed by atoms with van der Waals surface area (Å²) in [6.07, 6.45) is -2.83. The van der Waals surface area contributed by atoms with Gasteiger partial charge >= 0.3 is 6.18 Å². The number of carbonyl (C=O) groups excluding carboxylic acids is 1. The molecule has 2 aromatic carbocycles. The van der Waals surface area contributed by atoms with Gasteiger partial charge in [0.15, 0.2) is 0 Å². The van der Waals surface area contributed by atoms with E-state index in [1.165, 1.54) is 23.3 Å². The molecule has 2 heterocycles. The average molecular weight is 486 g/mol. The molecule has 186 valence electrons. The van der Waals surface area contributed by atoms with Gasteiger partial charge in [0.25, 0.3) is 5.91 Å². The van der Waals surface area contributed by atoms with Crippen LogP contribution in [0.25, 0.3) is 4.85 Å². The quantitative estimate of drug-likeness (QED) is 0.375. The molecular formula is C27H30F3N3O2. The SMILES string of the molecule is [C-]#[N+]CCCOc1ccc([C@H](C)N2C[C@@H]3C[C@H]2CN3C(=O)c2ccc(C(F)(F)F)cc2)c(C)c1C. The molecule has 2 fully saturated rings. The average Bonchev–Trinajstić information content (AvgIpc) is 3.44. The molecule has 0 radical (unpaired) electrons. The van der Waals surface area contributed by atoms with E-state index >= 15 is 0 Å². The number of halogens is 3. The van der Waals surface area contributed by atoms with Crippen LogP contribution in [0.1, 0.15) is 58.4 Å². The van der Waals surface area contributed by atoms with E-state index in [-0.39, 0.29) is 24.0 Å². The van der Waals surface area contributed by atoms with Gasteiger partial charge in [-0.05, 0) is 74.2 Å². The Labute approximate surface area is 204 Å². The molecule has 2 bridgehead atoms. The lowest BCUT2D eigenvalue weighted by atomic mass is 9.96. The van der Waals surface area contributed by atoms with E-state index < -0.39 is 11.7 Å². The van der Waals surface area contributed by atoms with Crippen molar-refractivity contribution >= 4 is 5.91 Å². The fourth-order valence-corrected chi connectivity index (χ4v) is 5.32. The third-order valence-corrected chi connectivity index (χ3v) is 7.40. The molecule has 2 aliphatic heterocycles. The van der Waals surface area contributed by atoms with Crippen molar-refractivity contribution in [3.8, 4) is 5.75 Å². The molecule has 8 heteroatoms. The molecule has 0 unspecified atom stereocenters. The van der Waals surface area contributed by atoms with Gasteiger partial charge in [-0.25, -0.2) is 6.57 Å². The molecule has 2 aliphatic rings. The summed E-state index contributed by atoms with van der Waals surface area (Å²) in [5.74, 6) is 0.643. The summed E-state index contributed by atoms with van der Waals surface area (Å²) in [7, 11) is 0. The number of piperazine rings is 1. The smallest absolute Gasteiger partial charge is 0.416 e. The number of amides is 1. The van der Waals surface area contributed by atoms with Gasteiger partial charge in [-0.3, -0.25) is 9.69 Å². The number of alkyl halides is 3. The Morgan fingerprint density at radius 3 is 2.43 bits per heavy atom. The normalized spacial score (nSPS) is 20.7. The highest BCUT2D eigenvalue weighted by atomic mass is 19.4. The Hall–Kier alpha value is -3.05. The molecule has 4 rings (SSSR count). The third-order valence-electron chi connectivity index (χ3n) is 7.40. The standard InChI is InChI=1S/C27H30F3N3O2/c1-17-18(2)25(35-13-5-12-31-4)11-10-24(17)19(3)32-15-23-14-22(32)16-33(23)26(34)20-6-8-21(9-7-20)27(28,29)30/h6-11,19,22-23H,5,12-16H2,1-3H3/t19-,22-,23-/m0/s1. The second-order valence-corrected chi connectivity index (χ2v) is 9.44. The number of likely N-dealkylation sites (tertiary alicyclic amines) is 2. The van der Waals surface area contributed by atoms with Crippen molar-refractivity contribution in [2.24, 2.45) is 0 Å². The minimum absolute atomic E-state index is 0.0590. The van der Waals surface area contributed by atoms with E-state index in [9.17, 15) is 18.0 Å². The van der Waals surface area contributed by atoms with E-state index in [0.29, 0.717) is 31.7 Å². The fourth-order valence-electron chi connectivity index (χ4n) is 5.32. The maximum atomic E-state index is 13.0. The first-order valence-electron chi connectivity index (χ1n) is 11.9. The van der Waals surface area contributed by atoms with Crippen molar-refractivity contribution in [3.05, 3.63) is 75.6 Å². The highest BCUT2D eigenvalue weighted by Gasteiger charge is 2.47. The lowest BCUT2D eigenvalue weighted by molar-refractivity contribution is -0.137. The van der Waals surface area contributed by atoms with E-state index in [2.05, 4.69) is 36.6 Å². The second-order valence-electron chi connectivity index (χ2n) is 9.44. The van der Waals surface area contributed by atoms with Crippen molar-refractivity contribution < 1.29 is 22.7 Å². The summed E-state index contributed by atoms with van der Waals surface area (Å²) in [6.45, 7) is 15.5. The number of nitrogens with zero attached hydrogens (tertiary/aromatic N) is 3. The molecule has 0 aliphatic carbocycles. The Kier molecular flexibility index (Phi) is 7.09. The van der Waals surface area contributed by atoms with Gasteiger partial charge in [0.1, 0.15) is 5.75 Å². The zero-order chi connectivity index (χ0) is 25.3. The number of hydrogen-bond acceptors (Lipinski definition) is 3. The molecule has 0 aromatic heterocycles. The van der Waals surface area contributed by atoms with Gasteiger partial charge in [0, 0.05) is 36.8 Å². The third kappa shape index (κ3) is 5.01. The van der Waals surface area contributed by atoms with Gasteiger partial charge in [0.05, 0.1) is 18.6 Å². The molecular weight excluding hydrogens is 455 g/mol. The number of carbonyl (C=O) groups is 1. The van der Waals surface area contributed by atoms with Crippen LogP contribution in [0.4, 0.5) is 13.2 Å². The number of hydrogen-bond donors (Lipinski definition) is 0. The lowest BCUT2D eigenvalue weighted by Gasteiger charge is -2.38. The van der Waals surface area contributed by atoms with Crippen LogP contribution in [0, 0.1) is 20.4 Å². The molecule has 0 spiro atoms. The highest BCUT2D eigenvalue weighted by molar-refractivity contribution is 5.94. The summed E-state index contributed by atoms with van der Waals surface area (Å²) in [5.41, 5.74) is 3.05. The van der Waals surface area contributed by atoms with Gasteiger partial charge in [-0.2, -0.15) is 13.2 Å². The van der Waals surface area contributed by atoms with Crippen LogP contribution in [0.3, 0.4) is 0 Å². The Morgan fingerprint density at radius 1 is 1.11 bits per heavy atom. The Balaban J connectivity index is 1.41. The van der Waals surface area contributed by atoms with Crippen molar-refractivity contribution in [2.75, 3.05) is 26.2 Å². The number of ether oxygens (including phenoxy) is 1. The van der Waals surface area contributed by atoms with Gasteiger partial charge < -0.3 is 14.5 Å². The first-order valence-corrected chi connectivity index (χ1v) is 11.9. The molecule has 1 amide bonds. The first kappa shape index (κ1) is 25.1. The molecule has 2 saturated heterocycles. The Bertz CT molecular complexity index is 1120. The zero-order valence-electron chi connectivity index (χ0n) is 20.2. The van der Waals surface area contributed by atoms with Crippen molar-refractivity contribution in [2.45, 2.75) is 57.9 Å². The lowest BCUT2D eigenvalue weighted by Crippen LogP contribution is -2.49. The summed E-state index contributed by atoms with van der Waals surface area (Å²) >= 11 is 0. The van der Waals surface area contributed by atoms with E-state index in [1.54, 1.807) is 0 Å². The summed E-state index contributed by atoms with van der Waals surface area (Å²) in [5, 5.41) is 0. The predicted octanol–water partition coefficient (Wildman–Crippen LogP) is 5.67. The zero-order valence-corrected chi connectivity index (χ0v) is 20.2. The van der Waals surface area contributed by atoms with Crippen LogP contribution in [0.15, 0.2) is 36.4 Å². The van der Waals surface area contributed by atoms with Crippen molar-refractivity contribution in [1.82, 2.24) is 9.80 Å². The van der Waals surface area contributed by atoms with Gasteiger partial charge in [0.2, 0.25) is 6.54 Å². The number of benzene rings is 2. The molecule has 0 saturated carbocycles. The van der Waals surface area contributed by atoms with Crippen LogP contribution >= 0.6 is 0 Å². The predicted molar refractivity (Wildman–Crippen MR) is 127 cm³/mol. The number of rotatable bonds is 7. The minimum Gasteiger partial charge on any atom is -0.493 e.